The van der Waals surface area contributed by atoms with Crippen LogP contribution in [0.2, 0.25) is 0 Å². The molecule has 0 spiro atoms. The molecule has 2 atom stereocenters. The van der Waals surface area contributed by atoms with E-state index in [0.29, 0.717) is 17.8 Å². The van der Waals surface area contributed by atoms with E-state index in [4.69, 9.17) is 11.6 Å². The van der Waals surface area contributed by atoms with Crippen molar-refractivity contribution in [3.8, 4) is 0 Å². The molecule has 0 unspecified atom stereocenters. The van der Waals surface area contributed by atoms with Gasteiger partial charge in [0, 0.05) is 11.9 Å². The van der Waals surface area contributed by atoms with Gasteiger partial charge >= 0.3 is 0 Å². The Kier molecular flexibility index (Phi) is 4.96. The Hall–Kier alpha value is 0.110. The zero-order valence-corrected chi connectivity index (χ0v) is 9.46. The molecular weight excluding hydrogens is 206 g/mol. The fourth-order valence-corrected chi connectivity index (χ4v) is 2.43. The van der Waals surface area contributed by atoms with E-state index < -0.39 is 0 Å². The van der Waals surface area contributed by atoms with Crippen LogP contribution in [0, 0.1) is 5.92 Å². The molecule has 4 heteroatoms. The van der Waals surface area contributed by atoms with E-state index in [1.54, 1.807) is 6.26 Å². The zero-order valence-electron chi connectivity index (χ0n) is 7.88. The van der Waals surface area contributed by atoms with E-state index in [1.807, 2.05) is 0 Å². The number of thioether (sulfide) groups is 1. The smallest absolute Gasteiger partial charge is 0.279 e. The van der Waals surface area contributed by atoms with Crippen molar-refractivity contribution in [1.29, 1.82) is 0 Å². The predicted molar refractivity (Wildman–Crippen MR) is 58.5 cm³/mol. The zero-order chi connectivity index (χ0) is 9.68. The first-order valence-electron chi connectivity index (χ1n) is 4.68. The first-order valence-corrected chi connectivity index (χ1v) is 6.44. The Bertz CT molecular complexity index is 177. The molecule has 0 bridgehead atoms. The quantitative estimate of drug-likeness (QED) is 0.727. The molecule has 0 radical (unpaired) electrons. The van der Waals surface area contributed by atoms with Crippen LogP contribution in [0.1, 0.15) is 25.7 Å². The maximum absolute atomic E-state index is 11.2. The lowest BCUT2D eigenvalue weighted by molar-refractivity contribution is 0.242. The highest BCUT2D eigenvalue weighted by Crippen LogP contribution is 2.25. The Morgan fingerprint density at radius 2 is 2.23 bits per heavy atom. The van der Waals surface area contributed by atoms with Crippen LogP contribution in [-0.4, -0.2) is 23.4 Å². The molecule has 1 saturated carbocycles. The largest absolute Gasteiger partial charge is 0.344 e. The SMILES string of the molecule is CSC(=O)N[C@H]1CCCC[C@H]1CCl. The minimum atomic E-state index is 0.0713. The summed E-state index contributed by atoms with van der Waals surface area (Å²) in [5.74, 6) is 1.14. The van der Waals surface area contributed by atoms with Crippen molar-refractivity contribution in [2.75, 3.05) is 12.1 Å². The van der Waals surface area contributed by atoms with E-state index in [-0.39, 0.29) is 5.24 Å². The fourth-order valence-electron chi connectivity index (χ4n) is 1.79. The maximum atomic E-state index is 11.2. The van der Waals surface area contributed by atoms with Crippen LogP contribution in [0.5, 0.6) is 0 Å². The van der Waals surface area contributed by atoms with Gasteiger partial charge in [0.2, 0.25) is 0 Å². The monoisotopic (exact) mass is 221 g/mol. The number of nitrogens with one attached hydrogen (secondary N) is 1. The summed E-state index contributed by atoms with van der Waals surface area (Å²) in [4.78, 5) is 11.2. The van der Waals surface area contributed by atoms with Crippen molar-refractivity contribution in [2.45, 2.75) is 31.7 Å². The highest BCUT2D eigenvalue weighted by atomic mass is 35.5. The van der Waals surface area contributed by atoms with Gasteiger partial charge in [-0.1, -0.05) is 24.6 Å². The van der Waals surface area contributed by atoms with Crippen LogP contribution in [0.15, 0.2) is 0 Å². The van der Waals surface area contributed by atoms with E-state index in [0.717, 1.165) is 12.8 Å². The molecule has 1 rings (SSSR count). The Morgan fingerprint density at radius 1 is 1.54 bits per heavy atom. The van der Waals surface area contributed by atoms with Gasteiger partial charge in [0.05, 0.1) is 0 Å². The molecule has 1 fully saturated rings. The van der Waals surface area contributed by atoms with Crippen LogP contribution < -0.4 is 5.32 Å². The minimum Gasteiger partial charge on any atom is -0.344 e. The number of hydrogen-bond donors (Lipinski definition) is 1. The number of alkyl halides is 1. The summed E-state index contributed by atoms with van der Waals surface area (Å²) in [6.45, 7) is 0. The summed E-state index contributed by atoms with van der Waals surface area (Å²) < 4.78 is 0. The standard InChI is InChI=1S/C9H16ClNOS/c1-13-9(12)11-8-5-3-2-4-7(8)6-10/h7-8H,2-6H2,1H3,(H,11,12)/t7-,8-/m0/s1. The summed E-state index contributed by atoms with van der Waals surface area (Å²) in [5.41, 5.74) is 0. The number of rotatable bonds is 2. The van der Waals surface area contributed by atoms with Crippen molar-refractivity contribution in [1.82, 2.24) is 5.32 Å². The van der Waals surface area contributed by atoms with Crippen molar-refractivity contribution in [3.63, 3.8) is 0 Å². The van der Waals surface area contributed by atoms with E-state index in [1.165, 1.54) is 24.6 Å². The third-order valence-electron chi connectivity index (χ3n) is 2.60. The predicted octanol–water partition coefficient (Wildman–Crippen LogP) is 2.86. The van der Waals surface area contributed by atoms with Crippen molar-refractivity contribution in [2.24, 2.45) is 5.92 Å². The molecule has 76 valence electrons. The molecular formula is C9H16ClNOS. The third kappa shape index (κ3) is 3.39. The molecule has 1 aliphatic rings. The summed E-state index contributed by atoms with van der Waals surface area (Å²) in [5, 5.41) is 3.08. The minimum absolute atomic E-state index is 0.0713. The molecule has 1 aliphatic carbocycles. The van der Waals surface area contributed by atoms with Crippen LogP contribution in [0.4, 0.5) is 4.79 Å². The number of carbonyl (C=O) groups excluding carboxylic acids is 1. The number of halogens is 1. The van der Waals surface area contributed by atoms with Gasteiger partial charge in [-0.05, 0) is 25.0 Å². The Morgan fingerprint density at radius 3 is 2.85 bits per heavy atom. The molecule has 0 aromatic heterocycles. The van der Waals surface area contributed by atoms with Gasteiger partial charge in [-0.2, -0.15) is 0 Å². The normalized spacial score (nSPS) is 28.5. The van der Waals surface area contributed by atoms with Crippen molar-refractivity contribution >= 4 is 28.6 Å². The molecule has 13 heavy (non-hydrogen) atoms. The van der Waals surface area contributed by atoms with Gasteiger partial charge in [0.1, 0.15) is 0 Å². The van der Waals surface area contributed by atoms with Crippen molar-refractivity contribution < 1.29 is 4.79 Å². The summed E-state index contributed by atoms with van der Waals surface area (Å²) >= 11 is 7.08. The van der Waals surface area contributed by atoms with Gasteiger partial charge in [0.15, 0.2) is 0 Å². The molecule has 0 aromatic rings. The summed E-state index contributed by atoms with van der Waals surface area (Å²) in [6, 6.07) is 0.311. The Balaban J connectivity index is 2.40. The van der Waals surface area contributed by atoms with Crippen LogP contribution in [0.3, 0.4) is 0 Å². The molecule has 1 amide bonds. The number of amides is 1. The summed E-state index contributed by atoms with van der Waals surface area (Å²) in [7, 11) is 0. The van der Waals surface area contributed by atoms with Gasteiger partial charge in [-0.15, -0.1) is 11.6 Å². The topological polar surface area (TPSA) is 29.1 Å². The molecule has 0 saturated heterocycles. The van der Waals surface area contributed by atoms with Crippen LogP contribution in [0.25, 0.3) is 0 Å². The van der Waals surface area contributed by atoms with Gasteiger partial charge in [-0.25, -0.2) is 0 Å². The van der Waals surface area contributed by atoms with Gasteiger partial charge < -0.3 is 5.32 Å². The molecule has 1 N–H and O–H groups in total. The first-order chi connectivity index (χ1) is 6.27. The van der Waals surface area contributed by atoms with E-state index >= 15 is 0 Å². The first kappa shape index (κ1) is 11.2. The third-order valence-corrected chi connectivity index (χ3v) is 3.48. The fraction of sp³-hybridized carbons (Fsp3) is 0.889. The van der Waals surface area contributed by atoms with Gasteiger partial charge in [-0.3, -0.25) is 4.79 Å². The second kappa shape index (κ2) is 5.76. The molecule has 2 nitrogen and oxygen atoms in total. The molecule has 0 aliphatic heterocycles. The average molecular weight is 222 g/mol. The van der Waals surface area contributed by atoms with E-state index in [2.05, 4.69) is 5.32 Å². The van der Waals surface area contributed by atoms with E-state index in [9.17, 15) is 4.79 Å². The maximum Gasteiger partial charge on any atom is 0.279 e. The second-order valence-corrected chi connectivity index (χ2v) is 4.53. The highest BCUT2D eigenvalue weighted by Gasteiger charge is 2.25. The molecule has 0 heterocycles. The van der Waals surface area contributed by atoms with Crippen molar-refractivity contribution in [3.05, 3.63) is 0 Å². The second-order valence-electron chi connectivity index (χ2n) is 3.44. The van der Waals surface area contributed by atoms with Gasteiger partial charge in [0.25, 0.3) is 5.24 Å². The lowest BCUT2D eigenvalue weighted by atomic mass is 9.86. The lowest BCUT2D eigenvalue weighted by Gasteiger charge is -2.30. The number of hydrogen-bond acceptors (Lipinski definition) is 2. The van der Waals surface area contributed by atoms with Crippen LogP contribution in [-0.2, 0) is 0 Å². The number of carbonyl (C=O) groups is 1. The Labute approximate surface area is 88.8 Å². The molecule has 0 aromatic carbocycles. The highest BCUT2D eigenvalue weighted by molar-refractivity contribution is 8.12. The average Bonchev–Trinajstić information content (AvgIpc) is 2.18. The van der Waals surface area contributed by atoms with Crippen LogP contribution >= 0.6 is 23.4 Å². The lowest BCUT2D eigenvalue weighted by Crippen LogP contribution is -2.41. The summed E-state index contributed by atoms with van der Waals surface area (Å²) in [6.07, 6.45) is 6.51.